The van der Waals surface area contributed by atoms with Gasteiger partial charge in [-0.25, -0.2) is 0 Å². The second kappa shape index (κ2) is 7.24. The molecular formula is C15H25N3O3. The van der Waals surface area contributed by atoms with Gasteiger partial charge in [-0.1, -0.05) is 20.8 Å². The van der Waals surface area contributed by atoms with Gasteiger partial charge in [0, 0.05) is 19.3 Å². The molecule has 0 fully saturated rings. The first-order chi connectivity index (χ1) is 9.83. The van der Waals surface area contributed by atoms with Crippen LogP contribution < -0.4 is 0 Å². The zero-order valence-corrected chi connectivity index (χ0v) is 13.5. The van der Waals surface area contributed by atoms with Crippen molar-refractivity contribution in [3.63, 3.8) is 0 Å². The van der Waals surface area contributed by atoms with E-state index in [1.165, 1.54) is 4.90 Å². The molecule has 0 aliphatic heterocycles. The quantitative estimate of drug-likeness (QED) is 0.837. The van der Waals surface area contributed by atoms with Crippen LogP contribution in [0, 0.1) is 12.8 Å². The molecule has 0 aliphatic carbocycles. The molecule has 6 nitrogen and oxygen atoms in total. The topological polar surface area (TPSA) is 75.4 Å². The van der Waals surface area contributed by atoms with Gasteiger partial charge in [-0.2, -0.15) is 5.10 Å². The minimum Gasteiger partial charge on any atom is -0.481 e. The van der Waals surface area contributed by atoms with E-state index in [1.807, 2.05) is 11.6 Å². The lowest BCUT2D eigenvalue weighted by molar-refractivity contribution is -0.141. The van der Waals surface area contributed by atoms with Gasteiger partial charge >= 0.3 is 5.97 Å². The second-order valence-electron chi connectivity index (χ2n) is 5.48. The Morgan fingerprint density at radius 1 is 1.38 bits per heavy atom. The number of hydrogen-bond acceptors (Lipinski definition) is 3. The molecule has 21 heavy (non-hydrogen) atoms. The van der Waals surface area contributed by atoms with Crippen LogP contribution in [0.1, 0.15) is 55.7 Å². The number of nitrogens with zero attached hydrogens (tertiary/aromatic N) is 3. The minimum absolute atomic E-state index is 0.183. The van der Waals surface area contributed by atoms with Gasteiger partial charge in [-0.15, -0.1) is 0 Å². The molecule has 1 unspecified atom stereocenters. The molecule has 1 amide bonds. The van der Waals surface area contributed by atoms with E-state index >= 15 is 0 Å². The average molecular weight is 295 g/mol. The van der Waals surface area contributed by atoms with Crippen molar-refractivity contribution in [2.75, 3.05) is 13.6 Å². The van der Waals surface area contributed by atoms with Gasteiger partial charge in [-0.3, -0.25) is 14.3 Å². The monoisotopic (exact) mass is 295 g/mol. The summed E-state index contributed by atoms with van der Waals surface area (Å²) in [5, 5.41) is 13.3. The predicted molar refractivity (Wildman–Crippen MR) is 80.3 cm³/mol. The fourth-order valence-electron chi connectivity index (χ4n) is 2.41. The second-order valence-corrected chi connectivity index (χ2v) is 5.48. The Morgan fingerprint density at radius 3 is 2.43 bits per heavy atom. The number of carboxylic acids is 1. The van der Waals surface area contributed by atoms with Crippen LogP contribution in [0.3, 0.4) is 0 Å². The molecule has 0 aliphatic rings. The molecule has 6 heteroatoms. The first-order valence-corrected chi connectivity index (χ1v) is 7.35. The van der Waals surface area contributed by atoms with E-state index in [4.69, 9.17) is 5.11 Å². The maximum absolute atomic E-state index is 12.4. The van der Waals surface area contributed by atoms with Gasteiger partial charge in [0.25, 0.3) is 5.91 Å². The van der Waals surface area contributed by atoms with Crippen molar-refractivity contribution < 1.29 is 14.7 Å². The van der Waals surface area contributed by atoms with Crippen LogP contribution in [-0.4, -0.2) is 45.3 Å². The largest absolute Gasteiger partial charge is 0.481 e. The third-order valence-electron chi connectivity index (χ3n) is 3.88. The number of carbonyl (C=O) groups is 2. The maximum atomic E-state index is 12.4. The van der Waals surface area contributed by atoms with Crippen molar-refractivity contribution in [3.05, 3.63) is 17.5 Å². The Bertz CT molecular complexity index is 506. The number of amides is 1. The van der Waals surface area contributed by atoms with Gasteiger partial charge < -0.3 is 10.0 Å². The number of aromatic nitrogens is 2. The van der Waals surface area contributed by atoms with Crippen molar-refractivity contribution in [1.82, 2.24) is 14.7 Å². The summed E-state index contributed by atoms with van der Waals surface area (Å²) in [4.78, 5) is 24.7. The summed E-state index contributed by atoms with van der Waals surface area (Å²) < 4.78 is 1.89. The molecule has 0 bridgehead atoms. The first kappa shape index (κ1) is 17.2. The minimum atomic E-state index is -0.904. The first-order valence-electron chi connectivity index (χ1n) is 7.35. The molecule has 0 aromatic carbocycles. The summed E-state index contributed by atoms with van der Waals surface area (Å²) in [6.07, 6.45) is 3.50. The highest BCUT2D eigenvalue weighted by Gasteiger charge is 2.23. The standard InChI is InChI=1S/C15H25N3O3/c1-6-12(7-2)18-11(4)13(8-16-18)14(19)17(5)9-10(3)15(20)21/h8,10,12H,6-7,9H2,1-5H3,(H,20,21). The van der Waals surface area contributed by atoms with Crippen molar-refractivity contribution in [2.24, 2.45) is 5.92 Å². The summed E-state index contributed by atoms with van der Waals surface area (Å²) in [5.41, 5.74) is 1.38. The van der Waals surface area contributed by atoms with E-state index in [2.05, 4.69) is 18.9 Å². The lowest BCUT2D eigenvalue weighted by Crippen LogP contribution is -2.34. The zero-order chi connectivity index (χ0) is 16.2. The Labute approximate surface area is 125 Å². The van der Waals surface area contributed by atoms with E-state index in [-0.39, 0.29) is 18.5 Å². The smallest absolute Gasteiger partial charge is 0.308 e. The summed E-state index contributed by atoms with van der Waals surface area (Å²) >= 11 is 0. The SMILES string of the molecule is CCC(CC)n1ncc(C(=O)N(C)CC(C)C(=O)O)c1C. The van der Waals surface area contributed by atoms with Crippen LogP contribution in [0.25, 0.3) is 0 Å². The van der Waals surface area contributed by atoms with Gasteiger partial charge in [0.05, 0.1) is 23.7 Å². The lowest BCUT2D eigenvalue weighted by Gasteiger charge is -2.20. The summed E-state index contributed by atoms with van der Waals surface area (Å²) in [7, 11) is 1.62. The van der Waals surface area contributed by atoms with E-state index < -0.39 is 11.9 Å². The Hall–Kier alpha value is -1.85. The van der Waals surface area contributed by atoms with Crippen molar-refractivity contribution in [2.45, 2.75) is 46.6 Å². The van der Waals surface area contributed by atoms with Gasteiger partial charge in [-0.05, 0) is 19.8 Å². The molecule has 1 N–H and O–H groups in total. The third kappa shape index (κ3) is 3.83. The summed E-state index contributed by atoms with van der Waals surface area (Å²) in [6, 6.07) is 0.287. The number of rotatable bonds is 7. The highest BCUT2D eigenvalue weighted by molar-refractivity contribution is 5.95. The van der Waals surface area contributed by atoms with E-state index in [0.29, 0.717) is 5.56 Å². The number of hydrogen-bond donors (Lipinski definition) is 1. The molecule has 0 saturated carbocycles. The zero-order valence-electron chi connectivity index (χ0n) is 13.5. The van der Waals surface area contributed by atoms with Crippen LogP contribution in [-0.2, 0) is 4.79 Å². The maximum Gasteiger partial charge on any atom is 0.308 e. The lowest BCUT2D eigenvalue weighted by atomic mass is 10.1. The van der Waals surface area contributed by atoms with Crippen LogP contribution in [0.15, 0.2) is 6.20 Å². The molecular weight excluding hydrogens is 270 g/mol. The molecule has 0 saturated heterocycles. The fourth-order valence-corrected chi connectivity index (χ4v) is 2.41. The Balaban J connectivity index is 2.91. The number of carbonyl (C=O) groups excluding carboxylic acids is 1. The van der Waals surface area contributed by atoms with E-state index in [9.17, 15) is 9.59 Å². The van der Waals surface area contributed by atoms with Crippen LogP contribution in [0.5, 0.6) is 0 Å². The van der Waals surface area contributed by atoms with Gasteiger partial charge in [0.15, 0.2) is 0 Å². The van der Waals surface area contributed by atoms with Crippen molar-refractivity contribution in [3.8, 4) is 0 Å². The Morgan fingerprint density at radius 2 is 1.95 bits per heavy atom. The molecule has 1 atom stereocenters. The molecule has 1 aromatic rings. The number of carboxylic acid groups (broad SMARTS) is 1. The highest BCUT2D eigenvalue weighted by Crippen LogP contribution is 2.20. The van der Waals surface area contributed by atoms with E-state index in [0.717, 1.165) is 18.5 Å². The van der Waals surface area contributed by atoms with Crippen LogP contribution in [0.2, 0.25) is 0 Å². The van der Waals surface area contributed by atoms with Crippen molar-refractivity contribution in [1.29, 1.82) is 0 Å². The molecule has 1 rings (SSSR count). The predicted octanol–water partition coefficient (Wildman–Crippen LogP) is 2.35. The van der Waals surface area contributed by atoms with Crippen LogP contribution in [0.4, 0.5) is 0 Å². The average Bonchev–Trinajstić information content (AvgIpc) is 2.81. The number of aliphatic carboxylic acids is 1. The fraction of sp³-hybridized carbons (Fsp3) is 0.667. The van der Waals surface area contributed by atoms with Gasteiger partial charge in [0.1, 0.15) is 0 Å². The normalized spacial score (nSPS) is 12.5. The Kier molecular flexibility index (Phi) is 5.93. The van der Waals surface area contributed by atoms with Gasteiger partial charge in [0.2, 0.25) is 0 Å². The molecule has 1 heterocycles. The molecule has 118 valence electrons. The van der Waals surface area contributed by atoms with Crippen molar-refractivity contribution >= 4 is 11.9 Å². The highest BCUT2D eigenvalue weighted by atomic mass is 16.4. The molecule has 0 radical (unpaired) electrons. The van der Waals surface area contributed by atoms with Crippen LogP contribution >= 0.6 is 0 Å². The molecule has 1 aromatic heterocycles. The van der Waals surface area contributed by atoms with E-state index in [1.54, 1.807) is 20.2 Å². The summed E-state index contributed by atoms with van der Waals surface area (Å²) in [6.45, 7) is 7.85. The summed E-state index contributed by atoms with van der Waals surface area (Å²) in [5.74, 6) is -1.68. The third-order valence-corrected chi connectivity index (χ3v) is 3.88. The molecule has 0 spiro atoms.